The van der Waals surface area contributed by atoms with Crippen molar-refractivity contribution in [2.75, 3.05) is 6.61 Å². The topological polar surface area (TPSA) is 49.3 Å². The van der Waals surface area contributed by atoms with E-state index >= 15 is 0 Å². The molecule has 1 fully saturated rings. The van der Waals surface area contributed by atoms with E-state index in [0.29, 0.717) is 5.56 Å². The van der Waals surface area contributed by atoms with Gasteiger partial charge in [-0.25, -0.2) is 4.39 Å². The maximum absolute atomic E-state index is 12.7. The first-order valence-electron chi connectivity index (χ1n) is 6.36. The Hall–Kier alpha value is -1.42. The molecule has 1 saturated carbocycles. The van der Waals surface area contributed by atoms with Crippen LogP contribution in [-0.2, 0) is 0 Å². The van der Waals surface area contributed by atoms with Crippen LogP contribution in [0.1, 0.15) is 36.0 Å². The number of hydrogen-bond donors (Lipinski definition) is 2. The smallest absolute Gasteiger partial charge is 0.251 e. The van der Waals surface area contributed by atoms with Gasteiger partial charge in [-0.1, -0.05) is 6.42 Å². The van der Waals surface area contributed by atoms with Crippen molar-refractivity contribution in [1.29, 1.82) is 0 Å². The molecular formula is C14H18FNO2. The van der Waals surface area contributed by atoms with Crippen molar-refractivity contribution in [2.45, 2.75) is 31.7 Å². The molecule has 0 heterocycles. The third kappa shape index (κ3) is 3.29. The highest BCUT2D eigenvalue weighted by Crippen LogP contribution is 2.23. The number of amides is 1. The fraction of sp³-hybridized carbons (Fsp3) is 0.500. The molecule has 18 heavy (non-hydrogen) atoms. The molecule has 98 valence electrons. The Morgan fingerprint density at radius 1 is 1.33 bits per heavy atom. The molecule has 1 amide bonds. The van der Waals surface area contributed by atoms with Crippen LogP contribution in [0.3, 0.4) is 0 Å². The molecule has 4 heteroatoms. The van der Waals surface area contributed by atoms with Crippen LogP contribution in [0.2, 0.25) is 0 Å². The highest BCUT2D eigenvalue weighted by molar-refractivity contribution is 5.94. The minimum absolute atomic E-state index is 0.119. The molecule has 0 radical (unpaired) electrons. The molecule has 1 aliphatic rings. The molecular weight excluding hydrogens is 233 g/mol. The van der Waals surface area contributed by atoms with E-state index in [9.17, 15) is 9.18 Å². The van der Waals surface area contributed by atoms with Crippen molar-refractivity contribution >= 4 is 5.91 Å². The molecule has 0 bridgehead atoms. The Morgan fingerprint density at radius 3 is 2.72 bits per heavy atom. The van der Waals surface area contributed by atoms with Gasteiger partial charge in [-0.05, 0) is 49.4 Å². The fourth-order valence-corrected chi connectivity index (χ4v) is 2.46. The first kappa shape index (κ1) is 13.0. The monoisotopic (exact) mass is 251 g/mol. The standard InChI is InChI=1S/C14H18FNO2/c15-12-6-4-11(5-7-12)14(18)16-13-3-1-2-10(8-13)9-17/h4-7,10,13,17H,1-3,8-9H2,(H,16,18). The lowest BCUT2D eigenvalue weighted by atomic mass is 9.86. The number of carbonyl (C=O) groups is 1. The summed E-state index contributed by atoms with van der Waals surface area (Å²) in [7, 11) is 0. The predicted molar refractivity (Wildman–Crippen MR) is 66.7 cm³/mol. The highest BCUT2D eigenvalue weighted by Gasteiger charge is 2.22. The third-order valence-corrected chi connectivity index (χ3v) is 3.48. The third-order valence-electron chi connectivity index (χ3n) is 3.48. The molecule has 0 aliphatic heterocycles. The lowest BCUT2D eigenvalue weighted by molar-refractivity contribution is 0.0906. The average Bonchev–Trinajstić information content (AvgIpc) is 2.39. The minimum Gasteiger partial charge on any atom is -0.396 e. The van der Waals surface area contributed by atoms with Gasteiger partial charge in [-0.15, -0.1) is 0 Å². The van der Waals surface area contributed by atoms with E-state index < -0.39 is 0 Å². The number of aliphatic hydroxyl groups excluding tert-OH is 1. The Bertz CT molecular complexity index is 405. The number of aliphatic hydroxyl groups is 1. The van der Waals surface area contributed by atoms with Gasteiger partial charge in [0, 0.05) is 18.2 Å². The lowest BCUT2D eigenvalue weighted by Crippen LogP contribution is -2.39. The van der Waals surface area contributed by atoms with Gasteiger partial charge in [0.05, 0.1) is 0 Å². The Labute approximate surface area is 106 Å². The summed E-state index contributed by atoms with van der Waals surface area (Å²) in [5.41, 5.74) is 0.475. The Kier molecular flexibility index (Phi) is 4.31. The molecule has 0 aromatic heterocycles. The van der Waals surface area contributed by atoms with Gasteiger partial charge >= 0.3 is 0 Å². The van der Waals surface area contributed by atoms with Gasteiger partial charge in [0.1, 0.15) is 5.82 Å². The summed E-state index contributed by atoms with van der Waals surface area (Å²) in [4.78, 5) is 11.9. The summed E-state index contributed by atoms with van der Waals surface area (Å²) in [6.07, 6.45) is 3.83. The van der Waals surface area contributed by atoms with Crippen molar-refractivity contribution in [3.05, 3.63) is 35.6 Å². The largest absolute Gasteiger partial charge is 0.396 e. The van der Waals surface area contributed by atoms with Crippen LogP contribution in [0.5, 0.6) is 0 Å². The molecule has 2 N–H and O–H groups in total. The van der Waals surface area contributed by atoms with Gasteiger partial charge in [0.15, 0.2) is 0 Å². The summed E-state index contributed by atoms with van der Waals surface area (Å²) in [5, 5.41) is 12.1. The minimum atomic E-state index is -0.343. The van der Waals surface area contributed by atoms with Crippen molar-refractivity contribution in [3.63, 3.8) is 0 Å². The van der Waals surface area contributed by atoms with E-state index in [-0.39, 0.29) is 30.3 Å². The Morgan fingerprint density at radius 2 is 2.06 bits per heavy atom. The quantitative estimate of drug-likeness (QED) is 0.864. The van der Waals surface area contributed by atoms with Crippen molar-refractivity contribution in [1.82, 2.24) is 5.32 Å². The Balaban J connectivity index is 1.92. The maximum atomic E-state index is 12.7. The van der Waals surface area contributed by atoms with Crippen LogP contribution in [0.25, 0.3) is 0 Å². The average molecular weight is 251 g/mol. The molecule has 0 spiro atoms. The predicted octanol–water partition coefficient (Wildman–Crippen LogP) is 2.11. The lowest BCUT2D eigenvalue weighted by Gasteiger charge is -2.28. The van der Waals surface area contributed by atoms with Crippen LogP contribution in [0, 0.1) is 11.7 Å². The molecule has 2 unspecified atom stereocenters. The van der Waals surface area contributed by atoms with Gasteiger partial charge < -0.3 is 10.4 Å². The zero-order valence-electron chi connectivity index (χ0n) is 10.2. The van der Waals surface area contributed by atoms with Crippen LogP contribution >= 0.6 is 0 Å². The van der Waals surface area contributed by atoms with E-state index in [1.54, 1.807) is 0 Å². The number of nitrogens with one attached hydrogen (secondary N) is 1. The first-order chi connectivity index (χ1) is 8.69. The van der Waals surface area contributed by atoms with Gasteiger partial charge in [0.2, 0.25) is 0 Å². The van der Waals surface area contributed by atoms with Crippen molar-refractivity contribution in [2.24, 2.45) is 5.92 Å². The first-order valence-corrected chi connectivity index (χ1v) is 6.36. The number of halogens is 1. The summed E-state index contributed by atoms with van der Waals surface area (Å²) >= 11 is 0. The molecule has 3 nitrogen and oxygen atoms in total. The van der Waals surface area contributed by atoms with Crippen molar-refractivity contribution < 1.29 is 14.3 Å². The normalized spacial score (nSPS) is 23.7. The molecule has 1 aliphatic carbocycles. The number of hydrogen-bond acceptors (Lipinski definition) is 2. The highest BCUT2D eigenvalue weighted by atomic mass is 19.1. The SMILES string of the molecule is O=C(NC1CCCC(CO)C1)c1ccc(F)cc1. The maximum Gasteiger partial charge on any atom is 0.251 e. The van der Waals surface area contributed by atoms with Crippen LogP contribution in [-0.4, -0.2) is 23.7 Å². The van der Waals surface area contributed by atoms with Crippen molar-refractivity contribution in [3.8, 4) is 0 Å². The summed E-state index contributed by atoms with van der Waals surface area (Å²) in [6.45, 7) is 0.183. The molecule has 1 aromatic rings. The zero-order chi connectivity index (χ0) is 13.0. The second-order valence-electron chi connectivity index (χ2n) is 4.89. The van der Waals surface area contributed by atoms with Crippen LogP contribution in [0.4, 0.5) is 4.39 Å². The number of carbonyl (C=O) groups excluding carboxylic acids is 1. The summed E-state index contributed by atoms with van der Waals surface area (Å²) < 4.78 is 12.7. The number of benzene rings is 1. The van der Waals surface area contributed by atoms with Gasteiger partial charge in [-0.3, -0.25) is 4.79 Å². The molecule has 2 rings (SSSR count). The van der Waals surface area contributed by atoms with E-state index in [4.69, 9.17) is 5.11 Å². The van der Waals surface area contributed by atoms with Gasteiger partial charge in [0.25, 0.3) is 5.91 Å². The van der Waals surface area contributed by atoms with Crippen LogP contribution < -0.4 is 5.32 Å². The van der Waals surface area contributed by atoms with E-state index in [0.717, 1.165) is 25.7 Å². The molecule has 1 aromatic carbocycles. The number of rotatable bonds is 3. The zero-order valence-corrected chi connectivity index (χ0v) is 10.2. The fourth-order valence-electron chi connectivity index (χ4n) is 2.46. The molecule has 0 saturated heterocycles. The summed E-state index contributed by atoms with van der Waals surface area (Å²) in [6, 6.07) is 5.65. The van der Waals surface area contributed by atoms with E-state index in [2.05, 4.69) is 5.32 Å². The second-order valence-corrected chi connectivity index (χ2v) is 4.89. The van der Waals surface area contributed by atoms with E-state index in [1.807, 2.05) is 0 Å². The summed E-state index contributed by atoms with van der Waals surface area (Å²) in [5.74, 6) is -0.222. The van der Waals surface area contributed by atoms with Gasteiger partial charge in [-0.2, -0.15) is 0 Å². The van der Waals surface area contributed by atoms with Crippen LogP contribution in [0.15, 0.2) is 24.3 Å². The van der Waals surface area contributed by atoms with E-state index in [1.165, 1.54) is 24.3 Å². The molecule has 2 atom stereocenters. The second kappa shape index (κ2) is 5.96.